The maximum absolute atomic E-state index is 12.1. The van der Waals surface area contributed by atoms with Crippen molar-refractivity contribution in [3.63, 3.8) is 0 Å². The van der Waals surface area contributed by atoms with E-state index in [1.807, 2.05) is 93.5 Å². The van der Waals surface area contributed by atoms with Crippen molar-refractivity contribution < 1.29 is 30.6 Å². The van der Waals surface area contributed by atoms with E-state index in [0.717, 1.165) is 111 Å². The van der Waals surface area contributed by atoms with Crippen LogP contribution >= 0.6 is 0 Å². The smallest absolute Gasteiger partial charge is 0.122 e. The SMILES string of the molecule is Cc1cc(C(c2cc(C)c(O)cc2C)c2c(C)c(Cc3cc(C)c(O)c(C(c4cc(C)c(O)cc4C)c4cc(C)c(O)cc4C)c3C)cc(C)c2O)c(C)cc1O. The van der Waals surface area contributed by atoms with Gasteiger partial charge >= 0.3 is 0 Å². The van der Waals surface area contributed by atoms with E-state index in [1.165, 1.54) is 0 Å². The van der Waals surface area contributed by atoms with Crippen molar-refractivity contribution in [1.82, 2.24) is 0 Å². The molecule has 0 aliphatic heterocycles. The maximum atomic E-state index is 12.1. The van der Waals surface area contributed by atoms with Crippen LogP contribution in [0.2, 0.25) is 0 Å². The zero-order chi connectivity index (χ0) is 41.9. The highest BCUT2D eigenvalue weighted by Crippen LogP contribution is 2.48. The summed E-state index contributed by atoms with van der Waals surface area (Å²) in [6, 6.07) is 19.2. The molecular weight excluding hydrogens is 709 g/mol. The van der Waals surface area contributed by atoms with Gasteiger partial charge in [-0.05, 0) is 214 Å². The molecular formula is C51H56O6. The Labute approximate surface area is 337 Å². The van der Waals surface area contributed by atoms with Crippen LogP contribution in [0.1, 0.15) is 123 Å². The molecule has 0 saturated carbocycles. The predicted octanol–water partition coefficient (Wildman–Crippen LogP) is 11.6. The van der Waals surface area contributed by atoms with E-state index in [4.69, 9.17) is 0 Å². The second-order valence-corrected chi connectivity index (χ2v) is 16.5. The summed E-state index contributed by atoms with van der Waals surface area (Å²) in [6.45, 7) is 23.4. The number of aromatic hydroxyl groups is 6. The van der Waals surface area contributed by atoms with E-state index < -0.39 is 11.8 Å². The van der Waals surface area contributed by atoms with Gasteiger partial charge in [0, 0.05) is 23.0 Å². The van der Waals surface area contributed by atoms with Gasteiger partial charge in [0.2, 0.25) is 0 Å². The van der Waals surface area contributed by atoms with Crippen molar-refractivity contribution in [3.8, 4) is 34.5 Å². The van der Waals surface area contributed by atoms with Gasteiger partial charge in [-0.15, -0.1) is 0 Å². The van der Waals surface area contributed by atoms with Gasteiger partial charge in [-0.3, -0.25) is 0 Å². The van der Waals surface area contributed by atoms with Crippen LogP contribution in [-0.4, -0.2) is 30.6 Å². The molecule has 6 aromatic rings. The summed E-state index contributed by atoms with van der Waals surface area (Å²) in [4.78, 5) is 0. The third-order valence-corrected chi connectivity index (χ3v) is 12.4. The molecule has 296 valence electrons. The van der Waals surface area contributed by atoms with Gasteiger partial charge in [-0.25, -0.2) is 0 Å². The highest BCUT2D eigenvalue weighted by atomic mass is 16.3. The minimum atomic E-state index is -0.411. The first-order valence-electron chi connectivity index (χ1n) is 19.6. The number of hydrogen-bond acceptors (Lipinski definition) is 6. The fourth-order valence-electron chi connectivity index (χ4n) is 8.77. The van der Waals surface area contributed by atoms with Crippen molar-refractivity contribution in [3.05, 3.63) is 172 Å². The maximum Gasteiger partial charge on any atom is 0.122 e. The Hall–Kier alpha value is -5.88. The van der Waals surface area contributed by atoms with Gasteiger partial charge in [0.1, 0.15) is 34.5 Å². The highest BCUT2D eigenvalue weighted by molar-refractivity contribution is 5.65. The molecule has 0 aromatic heterocycles. The average molecular weight is 765 g/mol. The molecule has 6 heteroatoms. The molecule has 0 heterocycles. The second kappa shape index (κ2) is 15.2. The molecule has 0 spiro atoms. The van der Waals surface area contributed by atoms with Crippen molar-refractivity contribution in [2.45, 2.75) is 101 Å². The van der Waals surface area contributed by atoms with E-state index in [0.29, 0.717) is 6.42 Å². The van der Waals surface area contributed by atoms with Gasteiger partial charge in [-0.2, -0.15) is 0 Å². The molecule has 0 saturated heterocycles. The van der Waals surface area contributed by atoms with Crippen LogP contribution in [0.4, 0.5) is 0 Å². The molecule has 0 unspecified atom stereocenters. The Kier molecular flexibility index (Phi) is 10.9. The summed E-state index contributed by atoms with van der Waals surface area (Å²) in [5, 5.41) is 66.8. The lowest BCUT2D eigenvalue weighted by Crippen LogP contribution is -2.13. The first kappa shape index (κ1) is 40.8. The Balaban J connectivity index is 1.62. The van der Waals surface area contributed by atoms with Crippen LogP contribution in [0, 0.1) is 83.1 Å². The lowest BCUT2D eigenvalue weighted by Gasteiger charge is -2.29. The van der Waals surface area contributed by atoms with Crippen LogP contribution in [-0.2, 0) is 6.42 Å². The van der Waals surface area contributed by atoms with Crippen LogP contribution in [0.5, 0.6) is 34.5 Å². The Morgan fingerprint density at radius 3 is 0.807 bits per heavy atom. The second-order valence-electron chi connectivity index (χ2n) is 16.5. The van der Waals surface area contributed by atoms with Gasteiger partial charge in [0.25, 0.3) is 0 Å². The lowest BCUT2D eigenvalue weighted by molar-refractivity contribution is 0.460. The molecule has 0 aliphatic carbocycles. The lowest BCUT2D eigenvalue weighted by atomic mass is 9.75. The fraction of sp³-hybridized carbons (Fsp3) is 0.294. The third kappa shape index (κ3) is 7.30. The highest BCUT2D eigenvalue weighted by Gasteiger charge is 2.31. The number of phenolic OH excluding ortho intramolecular Hbond substituents is 6. The molecule has 57 heavy (non-hydrogen) atoms. The normalized spacial score (nSPS) is 11.6. The van der Waals surface area contributed by atoms with Gasteiger partial charge < -0.3 is 30.6 Å². The number of aryl methyl sites for hydroxylation is 10. The molecule has 0 amide bonds. The predicted molar refractivity (Wildman–Crippen MR) is 230 cm³/mol. The molecule has 6 nitrogen and oxygen atoms in total. The number of phenols is 6. The van der Waals surface area contributed by atoms with Crippen LogP contribution in [0.15, 0.2) is 60.7 Å². The van der Waals surface area contributed by atoms with Gasteiger partial charge in [0.05, 0.1) is 0 Å². The van der Waals surface area contributed by atoms with Crippen molar-refractivity contribution in [2.75, 3.05) is 0 Å². The zero-order valence-corrected chi connectivity index (χ0v) is 35.3. The van der Waals surface area contributed by atoms with Gasteiger partial charge in [0.15, 0.2) is 0 Å². The summed E-state index contributed by atoms with van der Waals surface area (Å²) in [7, 11) is 0. The van der Waals surface area contributed by atoms with E-state index >= 15 is 0 Å². The van der Waals surface area contributed by atoms with E-state index in [2.05, 4.69) is 26.0 Å². The van der Waals surface area contributed by atoms with Crippen LogP contribution in [0.25, 0.3) is 0 Å². The van der Waals surface area contributed by atoms with Crippen molar-refractivity contribution in [2.24, 2.45) is 0 Å². The molecule has 0 radical (unpaired) electrons. The minimum Gasteiger partial charge on any atom is -0.508 e. The van der Waals surface area contributed by atoms with Crippen LogP contribution in [0.3, 0.4) is 0 Å². The Morgan fingerprint density at radius 1 is 0.316 bits per heavy atom. The van der Waals surface area contributed by atoms with Crippen molar-refractivity contribution in [1.29, 1.82) is 0 Å². The fourth-order valence-corrected chi connectivity index (χ4v) is 8.77. The minimum absolute atomic E-state index is 0.201. The summed E-state index contributed by atoms with van der Waals surface area (Å²) >= 11 is 0. The quantitative estimate of drug-likeness (QED) is 0.0858. The molecule has 6 aromatic carbocycles. The first-order chi connectivity index (χ1) is 26.7. The number of hydrogen-bond donors (Lipinski definition) is 6. The summed E-state index contributed by atoms with van der Waals surface area (Å²) in [5.41, 5.74) is 17.2. The van der Waals surface area contributed by atoms with Crippen LogP contribution < -0.4 is 0 Å². The zero-order valence-electron chi connectivity index (χ0n) is 35.3. The average Bonchev–Trinajstić information content (AvgIpc) is 3.13. The van der Waals surface area contributed by atoms with Gasteiger partial charge in [-0.1, -0.05) is 36.4 Å². The standard InChI is InChI=1S/C51H56O6/c1-24-19-42(52)28(5)15-38(24)48(39-16-29(6)43(53)20-25(39)2)46-34(11)36(13-32(9)50(46)56)23-37-14-33(10)51(57)47(35(37)12)49(40-17-30(7)44(54)21-26(40)3)41-18-31(8)45(55)22-27(41)4/h13-22,48-49,52-57H,23H2,1-12H3. The largest absolute Gasteiger partial charge is 0.508 e. The number of benzene rings is 6. The molecule has 6 N–H and O–H groups in total. The van der Waals surface area contributed by atoms with E-state index in [9.17, 15) is 30.6 Å². The molecule has 0 fully saturated rings. The number of rotatable bonds is 8. The van der Waals surface area contributed by atoms with Crippen molar-refractivity contribution >= 4 is 0 Å². The Morgan fingerprint density at radius 2 is 0.561 bits per heavy atom. The third-order valence-electron chi connectivity index (χ3n) is 12.4. The summed E-state index contributed by atoms with van der Waals surface area (Å²) in [6.07, 6.45) is 0.516. The molecule has 0 atom stereocenters. The topological polar surface area (TPSA) is 121 Å². The first-order valence-corrected chi connectivity index (χ1v) is 19.6. The van der Waals surface area contributed by atoms with E-state index in [-0.39, 0.29) is 34.5 Å². The molecule has 6 rings (SSSR count). The Bertz CT molecular complexity index is 2300. The summed E-state index contributed by atoms with van der Waals surface area (Å²) < 4.78 is 0. The van der Waals surface area contributed by atoms with E-state index in [1.54, 1.807) is 24.3 Å². The molecule has 0 bridgehead atoms. The summed E-state index contributed by atoms with van der Waals surface area (Å²) in [5.74, 6) is 0.422. The molecule has 0 aliphatic rings. The monoisotopic (exact) mass is 764 g/mol.